The Bertz CT molecular complexity index is 863. The number of amides is 1. The molecule has 0 bridgehead atoms. The minimum atomic E-state index is -0.250. The number of para-hydroxylation sites is 1. The average molecular weight is 293 g/mol. The highest BCUT2D eigenvalue weighted by Gasteiger charge is 2.11. The zero-order chi connectivity index (χ0) is 15.5. The van der Waals surface area contributed by atoms with E-state index in [0.29, 0.717) is 17.1 Å². The Kier molecular flexibility index (Phi) is 3.62. The van der Waals surface area contributed by atoms with Crippen molar-refractivity contribution in [1.82, 2.24) is 9.78 Å². The van der Waals surface area contributed by atoms with Crippen LogP contribution in [0.1, 0.15) is 15.9 Å². The topological polar surface area (TPSA) is 66.9 Å². The van der Waals surface area contributed by atoms with Crippen molar-refractivity contribution >= 4 is 11.7 Å². The zero-order valence-corrected chi connectivity index (χ0v) is 12.0. The second-order valence-corrected chi connectivity index (χ2v) is 4.95. The van der Waals surface area contributed by atoms with Crippen LogP contribution in [-0.2, 0) is 0 Å². The molecule has 0 aliphatic carbocycles. The van der Waals surface area contributed by atoms with Gasteiger partial charge in [-0.2, -0.15) is 0 Å². The number of H-pyrrole nitrogens is 1. The molecule has 2 N–H and O–H groups in total. The molecule has 0 spiro atoms. The van der Waals surface area contributed by atoms with Crippen LogP contribution in [0.3, 0.4) is 0 Å². The summed E-state index contributed by atoms with van der Waals surface area (Å²) in [5, 5.41) is 5.60. The maximum absolute atomic E-state index is 12.2. The second-order valence-electron chi connectivity index (χ2n) is 4.95. The summed E-state index contributed by atoms with van der Waals surface area (Å²) >= 11 is 0. The van der Waals surface area contributed by atoms with Gasteiger partial charge >= 0.3 is 0 Å². The van der Waals surface area contributed by atoms with Crippen molar-refractivity contribution in [3.63, 3.8) is 0 Å². The number of carbonyl (C=O) groups is 1. The van der Waals surface area contributed by atoms with Crippen LogP contribution >= 0.6 is 0 Å². The highest BCUT2D eigenvalue weighted by atomic mass is 16.2. The molecule has 2 aromatic carbocycles. The number of anilines is 1. The smallest absolute Gasteiger partial charge is 0.273 e. The van der Waals surface area contributed by atoms with Crippen molar-refractivity contribution in [2.24, 2.45) is 0 Å². The van der Waals surface area contributed by atoms with E-state index in [1.54, 1.807) is 12.1 Å². The van der Waals surface area contributed by atoms with Crippen molar-refractivity contribution < 1.29 is 4.79 Å². The van der Waals surface area contributed by atoms with Gasteiger partial charge in [0.15, 0.2) is 0 Å². The first-order valence-corrected chi connectivity index (χ1v) is 6.89. The largest absolute Gasteiger partial charge is 0.307 e. The molecule has 110 valence electrons. The molecule has 0 saturated carbocycles. The summed E-state index contributed by atoms with van der Waals surface area (Å²) in [6, 6.07) is 17.8. The van der Waals surface area contributed by atoms with E-state index in [4.69, 9.17) is 0 Å². The average Bonchev–Trinajstić information content (AvgIpc) is 2.89. The molecule has 0 unspecified atom stereocenters. The van der Waals surface area contributed by atoms with Crippen molar-refractivity contribution in [2.75, 3.05) is 5.32 Å². The summed E-state index contributed by atoms with van der Waals surface area (Å²) in [4.78, 5) is 24.3. The van der Waals surface area contributed by atoms with Crippen molar-refractivity contribution in [1.29, 1.82) is 0 Å². The van der Waals surface area contributed by atoms with Crippen LogP contribution in [-0.4, -0.2) is 15.7 Å². The molecule has 0 radical (unpaired) electrons. The van der Waals surface area contributed by atoms with Crippen LogP contribution in [0.15, 0.2) is 65.5 Å². The number of hydrogen-bond donors (Lipinski definition) is 2. The first kappa shape index (κ1) is 13.9. The summed E-state index contributed by atoms with van der Waals surface area (Å²) < 4.78 is 1.38. The SMILES string of the molecule is Cc1ccccc1C(=O)Nc1cc(=O)n(-c2ccccc2)[nH]1. The molecule has 3 aromatic rings. The van der Waals surface area contributed by atoms with Gasteiger partial charge in [-0.3, -0.25) is 14.7 Å². The number of nitrogens with one attached hydrogen (secondary N) is 2. The van der Waals surface area contributed by atoms with Crippen LogP contribution in [0.5, 0.6) is 0 Å². The van der Waals surface area contributed by atoms with E-state index >= 15 is 0 Å². The van der Waals surface area contributed by atoms with Gasteiger partial charge in [-0.25, -0.2) is 4.68 Å². The number of nitrogens with zero attached hydrogens (tertiary/aromatic N) is 1. The van der Waals surface area contributed by atoms with Gasteiger partial charge in [-0.15, -0.1) is 0 Å². The van der Waals surface area contributed by atoms with Crippen LogP contribution < -0.4 is 10.9 Å². The lowest BCUT2D eigenvalue weighted by molar-refractivity contribution is 0.102. The second kappa shape index (κ2) is 5.73. The van der Waals surface area contributed by atoms with Crippen LogP contribution in [0, 0.1) is 6.92 Å². The number of hydrogen-bond acceptors (Lipinski definition) is 2. The van der Waals surface area contributed by atoms with Gasteiger partial charge in [0.25, 0.3) is 11.5 Å². The zero-order valence-electron chi connectivity index (χ0n) is 12.0. The monoisotopic (exact) mass is 293 g/mol. The lowest BCUT2D eigenvalue weighted by Gasteiger charge is -2.06. The van der Waals surface area contributed by atoms with E-state index in [2.05, 4.69) is 10.4 Å². The van der Waals surface area contributed by atoms with E-state index in [9.17, 15) is 9.59 Å². The fourth-order valence-electron chi connectivity index (χ4n) is 2.25. The van der Waals surface area contributed by atoms with Crippen LogP contribution in [0.25, 0.3) is 5.69 Å². The first-order chi connectivity index (χ1) is 10.6. The quantitative estimate of drug-likeness (QED) is 0.779. The molecule has 0 aliphatic heterocycles. The molecule has 0 fully saturated rings. The standard InChI is InChI=1S/C17H15N3O2/c1-12-7-5-6-10-14(12)17(22)18-15-11-16(21)20(19-15)13-8-3-2-4-9-13/h2-11,19H,1H3,(H,18,22). The molecule has 22 heavy (non-hydrogen) atoms. The molecular weight excluding hydrogens is 278 g/mol. The lowest BCUT2D eigenvalue weighted by Crippen LogP contribution is -2.14. The Morgan fingerprint density at radius 3 is 2.45 bits per heavy atom. The van der Waals surface area contributed by atoms with Crippen LogP contribution in [0.2, 0.25) is 0 Å². The third kappa shape index (κ3) is 2.69. The minimum absolute atomic E-state index is 0.230. The number of rotatable bonds is 3. The number of aromatic nitrogens is 2. The number of aromatic amines is 1. The van der Waals surface area contributed by atoms with Crippen LogP contribution in [0.4, 0.5) is 5.82 Å². The fraction of sp³-hybridized carbons (Fsp3) is 0.0588. The third-order valence-electron chi connectivity index (χ3n) is 3.37. The molecule has 3 rings (SSSR count). The molecule has 1 amide bonds. The van der Waals surface area contributed by atoms with Gasteiger partial charge in [0.2, 0.25) is 0 Å². The van der Waals surface area contributed by atoms with Gasteiger partial charge in [0.05, 0.1) is 5.69 Å². The Balaban J connectivity index is 1.87. The van der Waals surface area contributed by atoms with Gasteiger partial charge in [0, 0.05) is 11.6 Å². The molecular formula is C17H15N3O2. The van der Waals surface area contributed by atoms with E-state index in [1.165, 1.54) is 10.7 Å². The van der Waals surface area contributed by atoms with Gasteiger partial charge < -0.3 is 5.32 Å². The predicted molar refractivity (Wildman–Crippen MR) is 85.5 cm³/mol. The van der Waals surface area contributed by atoms with E-state index in [0.717, 1.165) is 5.56 Å². The number of aryl methyl sites for hydroxylation is 1. The minimum Gasteiger partial charge on any atom is -0.307 e. The van der Waals surface area contributed by atoms with E-state index in [1.807, 2.05) is 49.4 Å². The summed E-state index contributed by atoms with van der Waals surface area (Å²) in [6.07, 6.45) is 0. The van der Waals surface area contributed by atoms with Crippen molar-refractivity contribution in [3.8, 4) is 5.69 Å². The van der Waals surface area contributed by atoms with E-state index < -0.39 is 0 Å². The van der Waals surface area contributed by atoms with E-state index in [-0.39, 0.29) is 11.5 Å². The van der Waals surface area contributed by atoms with Gasteiger partial charge in [-0.1, -0.05) is 36.4 Å². The third-order valence-corrected chi connectivity index (χ3v) is 3.37. The fourth-order valence-corrected chi connectivity index (χ4v) is 2.25. The molecule has 1 aromatic heterocycles. The lowest BCUT2D eigenvalue weighted by atomic mass is 10.1. The molecule has 5 nitrogen and oxygen atoms in total. The maximum atomic E-state index is 12.2. The van der Waals surface area contributed by atoms with Crippen molar-refractivity contribution in [2.45, 2.75) is 6.92 Å². The predicted octanol–water partition coefficient (Wildman–Crippen LogP) is 2.73. The summed E-state index contributed by atoms with van der Waals surface area (Å²) in [6.45, 7) is 1.87. The molecule has 1 heterocycles. The number of benzene rings is 2. The first-order valence-electron chi connectivity index (χ1n) is 6.89. The Morgan fingerprint density at radius 1 is 1.05 bits per heavy atom. The Morgan fingerprint density at radius 2 is 1.73 bits per heavy atom. The summed E-state index contributed by atoms with van der Waals surface area (Å²) in [7, 11) is 0. The molecule has 0 aliphatic rings. The molecule has 5 heteroatoms. The molecule has 0 atom stereocenters. The molecule has 0 saturated heterocycles. The Labute approximate surface area is 127 Å². The normalized spacial score (nSPS) is 10.4. The highest BCUT2D eigenvalue weighted by molar-refractivity contribution is 6.04. The number of carbonyl (C=O) groups excluding carboxylic acids is 1. The highest BCUT2D eigenvalue weighted by Crippen LogP contribution is 2.11. The summed E-state index contributed by atoms with van der Waals surface area (Å²) in [5.74, 6) is 0.113. The van der Waals surface area contributed by atoms with Gasteiger partial charge in [-0.05, 0) is 30.7 Å². The summed E-state index contributed by atoms with van der Waals surface area (Å²) in [5.41, 5.74) is 1.94. The Hall–Kier alpha value is -3.08. The van der Waals surface area contributed by atoms with Gasteiger partial charge in [0.1, 0.15) is 5.82 Å². The van der Waals surface area contributed by atoms with Crippen molar-refractivity contribution in [3.05, 3.63) is 82.1 Å². The maximum Gasteiger partial charge on any atom is 0.273 e.